The number of para-hydroxylation sites is 1. The fraction of sp³-hybridized carbons (Fsp3) is 0.474. The largest absolute Gasteiger partial charge is 0.351 e. The number of nitrogens with zero attached hydrogens (tertiary/aromatic N) is 2. The Morgan fingerprint density at radius 2 is 1.70 bits per heavy atom. The number of H-pyrrole nitrogens is 1. The fourth-order valence-electron chi connectivity index (χ4n) is 4.15. The molecular weight excluding hydrogens is 366 g/mol. The highest BCUT2D eigenvalue weighted by atomic mass is 32.2. The minimum Gasteiger partial charge on any atom is -0.351 e. The third-order valence-electron chi connectivity index (χ3n) is 5.47. The van der Waals surface area contributed by atoms with E-state index in [9.17, 15) is 18.0 Å². The van der Waals surface area contributed by atoms with Crippen molar-refractivity contribution in [2.24, 2.45) is 5.92 Å². The molecule has 27 heavy (non-hydrogen) atoms. The molecule has 2 aromatic rings. The molecule has 0 radical (unpaired) electrons. The highest BCUT2D eigenvalue weighted by Crippen LogP contribution is 2.29. The Morgan fingerprint density at radius 3 is 2.37 bits per heavy atom. The number of aromatic nitrogens is 1. The maximum atomic E-state index is 13.1. The van der Waals surface area contributed by atoms with Crippen LogP contribution >= 0.6 is 0 Å². The Balaban J connectivity index is 1.65. The molecule has 2 atom stereocenters. The van der Waals surface area contributed by atoms with Crippen molar-refractivity contribution >= 4 is 32.6 Å². The monoisotopic (exact) mass is 389 g/mol. The van der Waals surface area contributed by atoms with E-state index in [0.29, 0.717) is 18.8 Å². The van der Waals surface area contributed by atoms with Gasteiger partial charge in [0.1, 0.15) is 5.69 Å². The maximum Gasteiger partial charge on any atom is 0.270 e. The normalized spacial score (nSPS) is 24.4. The standard InChI is InChI=1S/C19H23N3O4S/c1-12(2)18(23)21-7-8-22(17-11-27(25,26)10-16(17)21)19(24)15-9-13-5-3-4-6-14(13)20-15/h3-6,9,12,16-17,20H,7-8,10-11H2,1-2H3/t16-,17+/m0/s1. The number of rotatable bonds is 2. The summed E-state index contributed by atoms with van der Waals surface area (Å²) in [6.07, 6.45) is 0. The minimum atomic E-state index is -3.29. The Hall–Kier alpha value is -2.35. The number of hydrogen-bond acceptors (Lipinski definition) is 4. The summed E-state index contributed by atoms with van der Waals surface area (Å²) >= 11 is 0. The van der Waals surface area contributed by atoms with Crippen molar-refractivity contribution in [2.45, 2.75) is 25.9 Å². The predicted molar refractivity (Wildman–Crippen MR) is 102 cm³/mol. The molecule has 2 aliphatic heterocycles. The van der Waals surface area contributed by atoms with E-state index in [1.165, 1.54) is 0 Å². The number of benzene rings is 1. The Kier molecular flexibility index (Phi) is 4.25. The van der Waals surface area contributed by atoms with Gasteiger partial charge in [-0.2, -0.15) is 0 Å². The van der Waals surface area contributed by atoms with Crippen LogP contribution in [0.15, 0.2) is 30.3 Å². The van der Waals surface area contributed by atoms with Gasteiger partial charge in [-0.3, -0.25) is 9.59 Å². The van der Waals surface area contributed by atoms with Crippen LogP contribution in [0.5, 0.6) is 0 Å². The first kappa shape index (κ1) is 18.0. The van der Waals surface area contributed by atoms with Gasteiger partial charge in [0, 0.05) is 29.9 Å². The van der Waals surface area contributed by atoms with E-state index >= 15 is 0 Å². The molecule has 144 valence electrons. The summed E-state index contributed by atoms with van der Waals surface area (Å²) in [6.45, 7) is 4.31. The molecule has 2 amide bonds. The number of sulfone groups is 1. The zero-order chi connectivity index (χ0) is 19.3. The Bertz CT molecular complexity index is 978. The third kappa shape index (κ3) is 3.12. The van der Waals surface area contributed by atoms with Crippen LogP contribution in [0.2, 0.25) is 0 Å². The van der Waals surface area contributed by atoms with E-state index in [1.807, 2.05) is 38.1 Å². The van der Waals surface area contributed by atoms with Crippen LogP contribution in [0.1, 0.15) is 24.3 Å². The van der Waals surface area contributed by atoms with E-state index < -0.39 is 21.9 Å². The number of carbonyl (C=O) groups is 2. The third-order valence-corrected chi connectivity index (χ3v) is 7.17. The van der Waals surface area contributed by atoms with Gasteiger partial charge in [0.15, 0.2) is 9.84 Å². The lowest BCUT2D eigenvalue weighted by atomic mass is 10.0. The summed E-state index contributed by atoms with van der Waals surface area (Å²) < 4.78 is 24.6. The van der Waals surface area contributed by atoms with Gasteiger partial charge in [0.25, 0.3) is 5.91 Å². The second-order valence-electron chi connectivity index (χ2n) is 7.67. The van der Waals surface area contributed by atoms with Gasteiger partial charge in [-0.15, -0.1) is 0 Å². The Morgan fingerprint density at radius 1 is 1.07 bits per heavy atom. The molecule has 0 unspecified atom stereocenters. The van der Waals surface area contributed by atoms with Gasteiger partial charge >= 0.3 is 0 Å². The van der Waals surface area contributed by atoms with Crippen molar-refractivity contribution in [3.05, 3.63) is 36.0 Å². The van der Waals surface area contributed by atoms with Crippen LogP contribution in [-0.4, -0.2) is 71.7 Å². The molecule has 3 heterocycles. The van der Waals surface area contributed by atoms with Gasteiger partial charge in [0.2, 0.25) is 5.91 Å². The molecule has 1 aromatic heterocycles. The lowest BCUT2D eigenvalue weighted by Crippen LogP contribution is -2.62. The molecule has 0 saturated carbocycles. The van der Waals surface area contributed by atoms with Crippen molar-refractivity contribution in [1.82, 2.24) is 14.8 Å². The van der Waals surface area contributed by atoms with Crippen LogP contribution < -0.4 is 0 Å². The molecule has 0 bridgehead atoms. The van der Waals surface area contributed by atoms with E-state index in [4.69, 9.17) is 0 Å². The summed E-state index contributed by atoms with van der Waals surface area (Å²) in [6, 6.07) is 8.45. The van der Waals surface area contributed by atoms with E-state index in [-0.39, 0.29) is 29.2 Å². The maximum absolute atomic E-state index is 13.1. The molecule has 1 aromatic carbocycles. The van der Waals surface area contributed by atoms with Crippen molar-refractivity contribution in [1.29, 1.82) is 0 Å². The van der Waals surface area contributed by atoms with Crippen LogP contribution in [-0.2, 0) is 14.6 Å². The number of piperazine rings is 1. The highest BCUT2D eigenvalue weighted by Gasteiger charge is 2.49. The second-order valence-corrected chi connectivity index (χ2v) is 9.82. The molecule has 4 rings (SSSR count). The van der Waals surface area contributed by atoms with Crippen LogP contribution in [0, 0.1) is 5.92 Å². The van der Waals surface area contributed by atoms with Gasteiger partial charge in [-0.05, 0) is 12.1 Å². The fourth-order valence-corrected chi connectivity index (χ4v) is 6.13. The number of amides is 2. The summed E-state index contributed by atoms with van der Waals surface area (Å²) in [7, 11) is -3.29. The molecule has 7 nitrogen and oxygen atoms in total. The van der Waals surface area contributed by atoms with Gasteiger partial charge in [-0.1, -0.05) is 32.0 Å². The zero-order valence-electron chi connectivity index (χ0n) is 15.4. The highest BCUT2D eigenvalue weighted by molar-refractivity contribution is 7.91. The average molecular weight is 389 g/mol. The van der Waals surface area contributed by atoms with E-state index in [0.717, 1.165) is 10.9 Å². The molecule has 2 saturated heterocycles. The smallest absolute Gasteiger partial charge is 0.270 e. The average Bonchev–Trinajstić information content (AvgIpc) is 3.19. The van der Waals surface area contributed by atoms with Gasteiger partial charge in [0.05, 0.1) is 23.6 Å². The number of aromatic amines is 1. The summed E-state index contributed by atoms with van der Waals surface area (Å²) in [4.78, 5) is 32.1. The first-order chi connectivity index (χ1) is 12.8. The summed E-state index contributed by atoms with van der Waals surface area (Å²) in [5, 5.41) is 0.935. The number of carbonyl (C=O) groups excluding carboxylic acids is 2. The summed E-state index contributed by atoms with van der Waals surface area (Å²) in [5.41, 5.74) is 1.31. The first-order valence-electron chi connectivity index (χ1n) is 9.16. The molecule has 8 heteroatoms. The molecule has 2 aliphatic rings. The Labute approximate surface area is 158 Å². The quantitative estimate of drug-likeness (QED) is 0.838. The molecule has 0 spiro atoms. The van der Waals surface area contributed by atoms with Crippen molar-refractivity contribution in [3.8, 4) is 0 Å². The van der Waals surface area contributed by atoms with Crippen LogP contribution in [0.3, 0.4) is 0 Å². The van der Waals surface area contributed by atoms with E-state index in [2.05, 4.69) is 4.98 Å². The first-order valence-corrected chi connectivity index (χ1v) is 11.0. The molecule has 0 aliphatic carbocycles. The topological polar surface area (TPSA) is 90.6 Å². The van der Waals surface area contributed by atoms with Crippen molar-refractivity contribution in [2.75, 3.05) is 24.6 Å². The number of nitrogens with one attached hydrogen (secondary N) is 1. The van der Waals surface area contributed by atoms with E-state index in [1.54, 1.807) is 15.9 Å². The lowest BCUT2D eigenvalue weighted by molar-refractivity contribution is -0.139. The molecule has 2 fully saturated rings. The number of hydrogen-bond donors (Lipinski definition) is 1. The minimum absolute atomic E-state index is 0.0557. The predicted octanol–water partition coefficient (Wildman–Crippen LogP) is 1.27. The van der Waals surface area contributed by atoms with Crippen LogP contribution in [0.4, 0.5) is 0 Å². The SMILES string of the molecule is CC(C)C(=O)N1CCN(C(=O)c2cc3ccccc3[nH]2)[C@@H]2CS(=O)(=O)C[C@@H]21. The molecule has 1 N–H and O–H groups in total. The van der Waals surface area contributed by atoms with Gasteiger partial charge in [-0.25, -0.2) is 8.42 Å². The lowest BCUT2D eigenvalue weighted by Gasteiger charge is -2.44. The number of fused-ring (bicyclic) bond motifs is 2. The van der Waals surface area contributed by atoms with Crippen molar-refractivity contribution < 1.29 is 18.0 Å². The van der Waals surface area contributed by atoms with Crippen molar-refractivity contribution in [3.63, 3.8) is 0 Å². The second kappa shape index (κ2) is 6.37. The molecular formula is C19H23N3O4S. The van der Waals surface area contributed by atoms with Gasteiger partial charge < -0.3 is 14.8 Å². The zero-order valence-corrected chi connectivity index (χ0v) is 16.2. The van der Waals surface area contributed by atoms with Crippen LogP contribution in [0.25, 0.3) is 10.9 Å². The summed E-state index contributed by atoms with van der Waals surface area (Å²) in [5.74, 6) is -0.641.